The number of carbonyl (C=O) groups is 9. The van der Waals surface area contributed by atoms with Crippen molar-refractivity contribution in [3.05, 3.63) is 42.0 Å². The molecular formula is C42H63N9O12. The van der Waals surface area contributed by atoms with Crippen LogP contribution < -0.4 is 27.0 Å². The molecule has 2 aliphatic heterocycles. The molecule has 0 aromatic heterocycles. The number of nitrogens with two attached hydrogens (primary N) is 1. The van der Waals surface area contributed by atoms with Gasteiger partial charge in [0.05, 0.1) is 32.5 Å². The Morgan fingerprint density at radius 1 is 0.810 bits per heavy atom. The molecule has 21 nitrogen and oxygen atoms in total. The molecule has 1 fully saturated rings. The highest BCUT2D eigenvalue weighted by atomic mass is 16.6. The summed E-state index contributed by atoms with van der Waals surface area (Å²) in [6.07, 6.45) is 0.670. The lowest BCUT2D eigenvalue weighted by atomic mass is 9.89. The van der Waals surface area contributed by atoms with E-state index < -0.39 is 53.8 Å². The molecule has 21 heteroatoms. The molecule has 0 bridgehead atoms. The van der Waals surface area contributed by atoms with E-state index in [9.17, 15) is 43.2 Å². The lowest BCUT2D eigenvalue weighted by Gasteiger charge is -2.34. The largest absolute Gasteiger partial charge is 0.431 e. The first-order chi connectivity index (χ1) is 30.0. The number of rotatable bonds is 26. The van der Waals surface area contributed by atoms with Gasteiger partial charge in [-0.15, -0.1) is 0 Å². The Morgan fingerprint density at radius 2 is 1.44 bits per heavy atom. The SMILES string of the molecule is CC(C)[C@H](NC(=O)CCOCCOCCNC(=O)CCN1C(=O)C=CC1=O)C(=O)C[C@@H](CCCNC(N)=O)C(=O)Nc1ccc(C(OC(=O)N(C)C)C(=O)N2CCN(C)CC2)cc1. The van der Waals surface area contributed by atoms with Gasteiger partial charge in [-0.05, 0) is 37.9 Å². The molecule has 9 amide bonds. The van der Waals surface area contributed by atoms with Crippen molar-refractivity contribution in [2.24, 2.45) is 17.6 Å². The first-order valence-electron chi connectivity index (χ1n) is 21.0. The van der Waals surface area contributed by atoms with Crippen molar-refractivity contribution in [3.8, 4) is 0 Å². The second-order valence-corrected chi connectivity index (χ2v) is 15.7. The number of imide groups is 1. The molecule has 0 radical (unpaired) electrons. The number of urea groups is 1. The summed E-state index contributed by atoms with van der Waals surface area (Å²) in [4.78, 5) is 119. The second kappa shape index (κ2) is 26.5. The third kappa shape index (κ3) is 18.1. The lowest BCUT2D eigenvalue weighted by molar-refractivity contribution is -0.143. The van der Waals surface area contributed by atoms with Gasteiger partial charge in [-0.1, -0.05) is 26.0 Å². The van der Waals surface area contributed by atoms with Gasteiger partial charge in [0.15, 0.2) is 5.78 Å². The Hall–Kier alpha value is -5.93. The summed E-state index contributed by atoms with van der Waals surface area (Å²) >= 11 is 0. The Balaban J connectivity index is 1.50. The van der Waals surface area contributed by atoms with Crippen molar-refractivity contribution >= 4 is 59.0 Å². The number of likely N-dealkylation sites (N-methyl/N-ethyl adjacent to an activating group) is 1. The van der Waals surface area contributed by atoms with Gasteiger partial charge >= 0.3 is 12.1 Å². The van der Waals surface area contributed by atoms with E-state index in [2.05, 4.69) is 26.2 Å². The van der Waals surface area contributed by atoms with Gasteiger partial charge in [0.1, 0.15) is 0 Å². The van der Waals surface area contributed by atoms with Crippen LogP contribution in [0.25, 0.3) is 0 Å². The standard InChI is InChI=1S/C42H63N9O12/c1-28(2)37(47-34(54)15-23-61-25-26-62-24-17-44-33(53)14-18-51-35(55)12-13-36(51)56)32(52)27-30(7-6-16-45-41(43)59)39(57)46-31-10-8-29(9-11-31)38(63-42(60)48(3)4)40(58)50-21-19-49(5)20-22-50/h8-13,28,30,37-38H,6-7,14-27H2,1-5H3,(H,44,53)(H,46,57)(H,47,54)(H3,43,45,59)/t30-,37+,38?/m1/s1. The minimum Gasteiger partial charge on any atom is -0.431 e. The van der Waals surface area contributed by atoms with E-state index in [0.717, 1.165) is 17.1 Å². The van der Waals surface area contributed by atoms with Crippen molar-refractivity contribution in [1.29, 1.82) is 0 Å². The van der Waals surface area contributed by atoms with Crippen molar-refractivity contribution in [3.63, 3.8) is 0 Å². The Morgan fingerprint density at radius 3 is 2.05 bits per heavy atom. The van der Waals surface area contributed by atoms with Crippen LogP contribution in [0.1, 0.15) is 57.6 Å². The fourth-order valence-corrected chi connectivity index (χ4v) is 6.47. The Bertz CT molecular complexity index is 1760. The zero-order valence-corrected chi connectivity index (χ0v) is 36.9. The first kappa shape index (κ1) is 51.4. The number of benzene rings is 1. The molecule has 6 N–H and O–H groups in total. The first-order valence-corrected chi connectivity index (χ1v) is 21.0. The fourth-order valence-electron chi connectivity index (χ4n) is 6.47. The van der Waals surface area contributed by atoms with Gasteiger partial charge in [-0.3, -0.25) is 38.5 Å². The van der Waals surface area contributed by atoms with Gasteiger partial charge in [-0.2, -0.15) is 0 Å². The number of ketones is 1. The number of carbonyl (C=O) groups excluding carboxylic acids is 9. The number of primary amides is 1. The summed E-state index contributed by atoms with van der Waals surface area (Å²) < 4.78 is 16.5. The molecule has 0 spiro atoms. The van der Waals surface area contributed by atoms with E-state index in [1.807, 2.05) is 7.05 Å². The van der Waals surface area contributed by atoms with E-state index in [-0.39, 0.29) is 95.3 Å². The van der Waals surface area contributed by atoms with Gasteiger partial charge in [0, 0.05) is 108 Å². The van der Waals surface area contributed by atoms with Crippen LogP contribution in [0.2, 0.25) is 0 Å². The molecule has 63 heavy (non-hydrogen) atoms. The maximum atomic E-state index is 13.7. The zero-order valence-electron chi connectivity index (χ0n) is 36.9. The van der Waals surface area contributed by atoms with E-state index >= 15 is 0 Å². The normalized spacial score (nSPS) is 15.4. The summed E-state index contributed by atoms with van der Waals surface area (Å²) in [6.45, 7) is 6.84. The molecule has 348 valence electrons. The van der Waals surface area contributed by atoms with Crippen LogP contribution in [-0.2, 0) is 47.8 Å². The second-order valence-electron chi connectivity index (χ2n) is 15.7. The summed E-state index contributed by atoms with van der Waals surface area (Å²) in [7, 11) is 4.99. The summed E-state index contributed by atoms with van der Waals surface area (Å²) in [5, 5.41) is 10.7. The van der Waals surface area contributed by atoms with Crippen molar-refractivity contribution in [2.75, 3.05) is 98.7 Å². The number of Topliss-reactive ketones (excluding diaryl/α,β-unsaturated/α-hetero) is 1. The summed E-state index contributed by atoms with van der Waals surface area (Å²) in [6, 6.07) is 4.70. The Kier molecular flexibility index (Phi) is 21.6. The molecular weight excluding hydrogens is 823 g/mol. The Labute approximate surface area is 367 Å². The van der Waals surface area contributed by atoms with Gasteiger partial charge < -0.3 is 55.9 Å². The van der Waals surface area contributed by atoms with E-state index in [1.165, 1.54) is 19.0 Å². The number of piperazine rings is 1. The van der Waals surface area contributed by atoms with Crippen LogP contribution in [0.3, 0.4) is 0 Å². The minimum absolute atomic E-state index is 0.0119. The topological polar surface area (TPSA) is 268 Å². The average molecular weight is 886 g/mol. The maximum absolute atomic E-state index is 13.7. The monoisotopic (exact) mass is 885 g/mol. The number of nitrogens with one attached hydrogen (secondary N) is 4. The number of amides is 9. The van der Waals surface area contributed by atoms with Crippen LogP contribution in [0.15, 0.2) is 36.4 Å². The van der Waals surface area contributed by atoms with E-state index in [0.29, 0.717) is 43.9 Å². The highest BCUT2D eigenvalue weighted by molar-refractivity contribution is 6.13. The predicted molar refractivity (Wildman–Crippen MR) is 229 cm³/mol. The van der Waals surface area contributed by atoms with Crippen molar-refractivity contribution in [2.45, 2.75) is 58.1 Å². The highest BCUT2D eigenvalue weighted by Gasteiger charge is 2.33. The fraction of sp³-hybridized carbons (Fsp3) is 0.595. The third-order valence-corrected chi connectivity index (χ3v) is 10.2. The average Bonchev–Trinajstić information content (AvgIpc) is 3.56. The molecule has 1 unspecified atom stereocenters. The van der Waals surface area contributed by atoms with Crippen LogP contribution in [0, 0.1) is 11.8 Å². The molecule has 1 aromatic rings. The summed E-state index contributed by atoms with van der Waals surface area (Å²) in [5.41, 5.74) is 5.98. The molecule has 0 aliphatic carbocycles. The molecule has 3 atom stereocenters. The molecule has 3 rings (SSSR count). The number of hydrogen-bond acceptors (Lipinski definition) is 13. The minimum atomic E-state index is -1.21. The third-order valence-electron chi connectivity index (χ3n) is 10.2. The van der Waals surface area contributed by atoms with Gasteiger partial charge in [-0.25, -0.2) is 9.59 Å². The van der Waals surface area contributed by atoms with E-state index in [4.69, 9.17) is 19.9 Å². The number of ether oxygens (including phenoxy) is 3. The van der Waals surface area contributed by atoms with E-state index in [1.54, 1.807) is 43.0 Å². The highest BCUT2D eigenvalue weighted by Crippen LogP contribution is 2.25. The number of hydrogen-bond donors (Lipinski definition) is 5. The van der Waals surface area contributed by atoms with Crippen LogP contribution in [-0.4, -0.2) is 172 Å². The lowest BCUT2D eigenvalue weighted by Crippen LogP contribution is -2.49. The molecule has 2 aliphatic rings. The maximum Gasteiger partial charge on any atom is 0.410 e. The quantitative estimate of drug-likeness (QED) is 0.0614. The van der Waals surface area contributed by atoms with Crippen LogP contribution in [0.4, 0.5) is 15.3 Å². The predicted octanol–water partition coefficient (Wildman–Crippen LogP) is 0.158. The number of nitrogens with zero attached hydrogens (tertiary/aromatic N) is 4. The number of anilines is 1. The smallest absolute Gasteiger partial charge is 0.410 e. The van der Waals surface area contributed by atoms with Crippen LogP contribution in [0.5, 0.6) is 0 Å². The molecule has 1 saturated heterocycles. The van der Waals surface area contributed by atoms with Crippen LogP contribution >= 0.6 is 0 Å². The molecule has 1 aromatic carbocycles. The van der Waals surface area contributed by atoms with Crippen molar-refractivity contribution in [1.82, 2.24) is 35.6 Å². The summed E-state index contributed by atoms with van der Waals surface area (Å²) in [5.74, 6) is -4.01. The zero-order chi connectivity index (χ0) is 46.5. The molecule has 2 heterocycles. The van der Waals surface area contributed by atoms with Gasteiger partial charge in [0.2, 0.25) is 23.8 Å². The van der Waals surface area contributed by atoms with Gasteiger partial charge in [0.25, 0.3) is 17.7 Å². The molecule has 0 saturated carbocycles. The van der Waals surface area contributed by atoms with Crippen molar-refractivity contribution < 1.29 is 57.4 Å².